The Bertz CT molecular complexity index is 1110. The quantitative estimate of drug-likeness (QED) is 0.452. The van der Waals surface area contributed by atoms with E-state index in [9.17, 15) is 22.8 Å². The van der Waals surface area contributed by atoms with Crippen LogP contribution in [0, 0.1) is 17.5 Å². The zero-order valence-electron chi connectivity index (χ0n) is 15.1. The Morgan fingerprint density at radius 1 is 1.11 bits per heavy atom. The molecule has 28 heavy (non-hydrogen) atoms. The summed E-state index contributed by atoms with van der Waals surface area (Å²) in [5.41, 5.74) is -1.64. The number of ether oxygens (including phenoxy) is 1. The normalized spacial score (nSPS) is 11.0. The number of carbonyl (C=O) groups excluding carboxylic acids is 1. The van der Waals surface area contributed by atoms with Gasteiger partial charge >= 0.3 is 5.97 Å². The summed E-state index contributed by atoms with van der Waals surface area (Å²) < 4.78 is 48.5. The molecule has 0 unspecified atom stereocenters. The van der Waals surface area contributed by atoms with Gasteiger partial charge in [0.05, 0.1) is 22.5 Å². The average molecular weight is 407 g/mol. The van der Waals surface area contributed by atoms with E-state index >= 15 is 0 Å². The first-order chi connectivity index (χ1) is 13.4. The molecule has 0 aliphatic rings. The van der Waals surface area contributed by atoms with Crippen LogP contribution in [0.4, 0.5) is 13.2 Å². The predicted molar refractivity (Wildman–Crippen MR) is 100 cm³/mol. The summed E-state index contributed by atoms with van der Waals surface area (Å²) in [7, 11) is 0. The summed E-state index contributed by atoms with van der Waals surface area (Å²) in [5.74, 6) is -5.55. The summed E-state index contributed by atoms with van der Waals surface area (Å²) in [6, 6.07) is 9.42. The number of hydrogen-bond donors (Lipinski definition) is 0. The van der Waals surface area contributed by atoms with Crippen LogP contribution < -0.4 is 5.43 Å². The number of fused-ring (bicyclic) bond motifs is 1. The first-order valence-corrected chi connectivity index (χ1v) is 9.36. The monoisotopic (exact) mass is 407 g/mol. The highest BCUT2D eigenvalue weighted by atomic mass is 32.2. The molecule has 0 aliphatic heterocycles. The van der Waals surface area contributed by atoms with E-state index in [1.54, 1.807) is 44.2 Å². The van der Waals surface area contributed by atoms with Crippen LogP contribution >= 0.6 is 11.8 Å². The highest BCUT2D eigenvalue weighted by Gasteiger charge is 2.27. The van der Waals surface area contributed by atoms with Gasteiger partial charge in [-0.1, -0.05) is 30.0 Å². The van der Waals surface area contributed by atoms with E-state index in [0.717, 1.165) is 11.8 Å². The number of esters is 1. The van der Waals surface area contributed by atoms with Gasteiger partial charge in [-0.15, -0.1) is 0 Å². The van der Waals surface area contributed by atoms with E-state index in [1.165, 1.54) is 4.57 Å². The van der Waals surface area contributed by atoms with Crippen molar-refractivity contribution in [3.8, 4) is 0 Å². The molecule has 4 nitrogen and oxygen atoms in total. The minimum Gasteiger partial charge on any atom is -0.462 e. The minimum absolute atomic E-state index is 0.0179. The second-order valence-electron chi connectivity index (χ2n) is 5.77. The minimum atomic E-state index is -1.67. The van der Waals surface area contributed by atoms with Crippen molar-refractivity contribution in [3.05, 3.63) is 69.6 Å². The molecule has 0 fully saturated rings. The van der Waals surface area contributed by atoms with Gasteiger partial charge in [-0.3, -0.25) is 4.79 Å². The first-order valence-electron chi connectivity index (χ1n) is 8.54. The van der Waals surface area contributed by atoms with Gasteiger partial charge in [-0.25, -0.2) is 18.0 Å². The van der Waals surface area contributed by atoms with E-state index < -0.39 is 39.8 Å². The molecule has 146 valence electrons. The third kappa shape index (κ3) is 3.40. The molecule has 1 aromatic heterocycles. The van der Waals surface area contributed by atoms with Crippen LogP contribution in [-0.2, 0) is 11.3 Å². The Balaban J connectivity index is 2.44. The molecule has 0 bridgehead atoms. The number of rotatable bonds is 5. The molecule has 3 rings (SSSR count). The second kappa shape index (κ2) is 8.10. The number of nitrogens with zero attached hydrogens (tertiary/aromatic N) is 1. The average Bonchev–Trinajstić information content (AvgIpc) is 2.68. The number of benzene rings is 2. The lowest BCUT2D eigenvalue weighted by molar-refractivity contribution is 0.0519. The Hall–Kier alpha value is -2.74. The van der Waals surface area contributed by atoms with Crippen molar-refractivity contribution in [2.45, 2.75) is 30.3 Å². The van der Waals surface area contributed by atoms with E-state index in [1.807, 2.05) is 0 Å². The molecule has 0 amide bonds. The van der Waals surface area contributed by atoms with Crippen LogP contribution in [0.1, 0.15) is 24.2 Å². The largest absolute Gasteiger partial charge is 0.462 e. The molecule has 1 heterocycles. The van der Waals surface area contributed by atoms with Gasteiger partial charge in [0.25, 0.3) is 0 Å². The van der Waals surface area contributed by atoms with Crippen molar-refractivity contribution in [3.63, 3.8) is 0 Å². The zero-order chi connectivity index (χ0) is 20.4. The summed E-state index contributed by atoms with van der Waals surface area (Å²) >= 11 is 1.05. The molecular weight excluding hydrogens is 391 g/mol. The summed E-state index contributed by atoms with van der Waals surface area (Å²) in [6.45, 7) is 3.36. The van der Waals surface area contributed by atoms with Crippen LogP contribution in [0.5, 0.6) is 0 Å². The predicted octanol–water partition coefficient (Wildman–Crippen LogP) is 4.77. The Morgan fingerprint density at radius 3 is 2.39 bits per heavy atom. The van der Waals surface area contributed by atoms with Crippen LogP contribution in [0.15, 0.2) is 51.1 Å². The summed E-state index contributed by atoms with van der Waals surface area (Å²) in [4.78, 5) is 26.1. The Labute approximate surface area is 162 Å². The lowest BCUT2D eigenvalue weighted by Gasteiger charge is -2.19. The molecule has 0 aliphatic carbocycles. The van der Waals surface area contributed by atoms with Gasteiger partial charge in [-0.2, -0.15) is 0 Å². The summed E-state index contributed by atoms with van der Waals surface area (Å²) in [6.07, 6.45) is 0. The number of carbonyl (C=O) groups is 1. The third-order valence-corrected chi connectivity index (χ3v) is 5.22. The van der Waals surface area contributed by atoms with Crippen molar-refractivity contribution < 1.29 is 22.7 Å². The zero-order valence-corrected chi connectivity index (χ0v) is 15.9. The maximum Gasteiger partial charge on any atom is 0.344 e. The van der Waals surface area contributed by atoms with Gasteiger partial charge in [0, 0.05) is 11.4 Å². The fourth-order valence-corrected chi connectivity index (χ4v) is 4.01. The van der Waals surface area contributed by atoms with Gasteiger partial charge < -0.3 is 9.30 Å². The fourth-order valence-electron chi connectivity index (χ4n) is 2.88. The number of pyridine rings is 1. The molecule has 0 saturated carbocycles. The maximum atomic E-state index is 14.6. The number of hydrogen-bond acceptors (Lipinski definition) is 4. The Kier molecular flexibility index (Phi) is 5.79. The Morgan fingerprint density at radius 2 is 1.79 bits per heavy atom. The van der Waals surface area contributed by atoms with Crippen LogP contribution in [0.25, 0.3) is 10.9 Å². The molecule has 0 atom stereocenters. The SMILES string of the molecule is CCOC(=O)c1c(Sc2ccccc2)n(CC)c2c(F)c(F)c(F)cc2c1=O. The van der Waals surface area contributed by atoms with E-state index in [2.05, 4.69) is 0 Å². The van der Waals surface area contributed by atoms with Crippen LogP contribution in [0.2, 0.25) is 0 Å². The lowest BCUT2D eigenvalue weighted by atomic mass is 10.1. The molecule has 0 spiro atoms. The number of aryl methyl sites for hydroxylation is 1. The standard InChI is InChI=1S/C20H16F3NO3S/c1-3-24-17-12(10-13(21)15(22)16(17)23)18(25)14(20(26)27-4-2)19(24)28-11-8-6-5-7-9-11/h5-10H,3-4H2,1-2H3. The number of halogens is 3. The van der Waals surface area contributed by atoms with Crippen molar-refractivity contribution in [2.75, 3.05) is 6.61 Å². The van der Waals surface area contributed by atoms with Crippen molar-refractivity contribution >= 4 is 28.6 Å². The van der Waals surface area contributed by atoms with Crippen LogP contribution in [-0.4, -0.2) is 17.1 Å². The second-order valence-corrected chi connectivity index (χ2v) is 6.83. The smallest absolute Gasteiger partial charge is 0.344 e. The molecule has 2 aromatic carbocycles. The molecule has 0 saturated heterocycles. The van der Waals surface area contributed by atoms with Gasteiger partial charge in [0.15, 0.2) is 17.5 Å². The highest BCUT2D eigenvalue weighted by molar-refractivity contribution is 7.99. The topological polar surface area (TPSA) is 48.3 Å². The van der Waals surface area contributed by atoms with Crippen molar-refractivity contribution in [1.29, 1.82) is 0 Å². The van der Waals surface area contributed by atoms with Gasteiger partial charge in [-0.05, 0) is 32.0 Å². The first kappa shape index (κ1) is 20.0. The molecule has 0 radical (unpaired) electrons. The maximum absolute atomic E-state index is 14.6. The van der Waals surface area contributed by atoms with E-state index in [4.69, 9.17) is 4.74 Å². The third-order valence-electron chi connectivity index (χ3n) is 4.09. The molecular formula is C20H16F3NO3S. The number of aromatic nitrogens is 1. The molecule has 0 N–H and O–H groups in total. The lowest BCUT2D eigenvalue weighted by Crippen LogP contribution is -2.24. The van der Waals surface area contributed by atoms with Gasteiger partial charge in [0.1, 0.15) is 5.56 Å². The highest BCUT2D eigenvalue weighted by Crippen LogP contribution is 2.33. The van der Waals surface area contributed by atoms with Gasteiger partial charge in [0.2, 0.25) is 5.43 Å². The van der Waals surface area contributed by atoms with Crippen molar-refractivity contribution in [2.24, 2.45) is 0 Å². The summed E-state index contributed by atoms with van der Waals surface area (Å²) in [5, 5.41) is -0.312. The van der Waals surface area contributed by atoms with Crippen LogP contribution in [0.3, 0.4) is 0 Å². The van der Waals surface area contributed by atoms with E-state index in [0.29, 0.717) is 11.0 Å². The molecule has 3 aromatic rings. The van der Waals surface area contributed by atoms with Crippen molar-refractivity contribution in [1.82, 2.24) is 4.57 Å². The molecule has 8 heteroatoms. The van der Waals surface area contributed by atoms with E-state index in [-0.39, 0.29) is 23.7 Å². The fraction of sp³-hybridized carbons (Fsp3) is 0.200.